The Hall–Kier alpha value is -0.330. The van der Waals surface area contributed by atoms with Crippen molar-refractivity contribution < 1.29 is 14.2 Å². The summed E-state index contributed by atoms with van der Waals surface area (Å²) in [6.45, 7) is 2.70. The van der Waals surface area contributed by atoms with E-state index in [9.17, 15) is 0 Å². The van der Waals surface area contributed by atoms with Crippen molar-refractivity contribution >= 4 is 22.6 Å². The van der Waals surface area contributed by atoms with Gasteiger partial charge in [-0.25, -0.2) is 0 Å². The Morgan fingerprint density at radius 2 is 1.88 bits per heavy atom. The zero-order chi connectivity index (χ0) is 11.6. The average molecular weight is 336 g/mol. The molecule has 0 saturated carbocycles. The van der Waals surface area contributed by atoms with Crippen LogP contribution in [-0.2, 0) is 9.47 Å². The minimum atomic E-state index is 0.650. The second-order valence-electron chi connectivity index (χ2n) is 3.24. The lowest BCUT2D eigenvalue weighted by Crippen LogP contribution is -2.07. The van der Waals surface area contributed by atoms with E-state index in [4.69, 9.17) is 14.2 Å². The van der Waals surface area contributed by atoms with Crippen LogP contribution < -0.4 is 4.74 Å². The van der Waals surface area contributed by atoms with Gasteiger partial charge in [0.05, 0.1) is 23.4 Å². The Labute approximate surface area is 110 Å². The van der Waals surface area contributed by atoms with Crippen molar-refractivity contribution in [2.24, 2.45) is 0 Å². The molecule has 0 radical (unpaired) electrons. The maximum Gasteiger partial charge on any atom is 0.132 e. The van der Waals surface area contributed by atoms with E-state index < -0.39 is 0 Å². The smallest absolute Gasteiger partial charge is 0.132 e. The van der Waals surface area contributed by atoms with Gasteiger partial charge in [-0.2, -0.15) is 0 Å². The van der Waals surface area contributed by atoms with Crippen molar-refractivity contribution in [3.63, 3.8) is 0 Å². The van der Waals surface area contributed by atoms with Crippen LogP contribution in [0.25, 0.3) is 0 Å². The van der Waals surface area contributed by atoms with E-state index in [0.29, 0.717) is 26.4 Å². The van der Waals surface area contributed by atoms with Gasteiger partial charge < -0.3 is 14.2 Å². The summed E-state index contributed by atoms with van der Waals surface area (Å²) in [7, 11) is 1.67. The fraction of sp³-hybridized carbons (Fsp3) is 0.500. The molecular formula is C12H17IO3. The van der Waals surface area contributed by atoms with Gasteiger partial charge in [-0.1, -0.05) is 12.1 Å². The van der Waals surface area contributed by atoms with Crippen molar-refractivity contribution in [3.05, 3.63) is 27.8 Å². The summed E-state index contributed by atoms with van der Waals surface area (Å²) in [6.07, 6.45) is 0.898. The van der Waals surface area contributed by atoms with Gasteiger partial charge in [0.2, 0.25) is 0 Å². The van der Waals surface area contributed by atoms with Crippen molar-refractivity contribution in [2.45, 2.75) is 6.42 Å². The van der Waals surface area contributed by atoms with Gasteiger partial charge in [0.25, 0.3) is 0 Å². The summed E-state index contributed by atoms with van der Waals surface area (Å²) in [6, 6.07) is 7.99. The van der Waals surface area contributed by atoms with E-state index in [-0.39, 0.29) is 0 Å². The standard InChI is InChI=1S/C12H17IO3/c1-14-9-10-15-7-4-8-16-12-6-3-2-5-11(12)13/h2-3,5-6H,4,7-10H2,1H3. The molecule has 1 aromatic carbocycles. The number of rotatable bonds is 8. The molecule has 3 nitrogen and oxygen atoms in total. The van der Waals surface area contributed by atoms with Gasteiger partial charge >= 0.3 is 0 Å². The number of benzene rings is 1. The number of hydrogen-bond acceptors (Lipinski definition) is 3. The van der Waals surface area contributed by atoms with Crippen molar-refractivity contribution in [3.8, 4) is 5.75 Å². The van der Waals surface area contributed by atoms with Crippen LogP contribution in [0.2, 0.25) is 0 Å². The molecule has 0 N–H and O–H groups in total. The summed E-state index contributed by atoms with van der Waals surface area (Å²) >= 11 is 2.27. The molecule has 0 aliphatic rings. The van der Waals surface area contributed by atoms with Gasteiger partial charge in [-0.3, -0.25) is 0 Å². The molecule has 90 valence electrons. The average Bonchev–Trinajstić information content (AvgIpc) is 2.30. The summed E-state index contributed by atoms with van der Waals surface area (Å²) in [5.41, 5.74) is 0. The molecular weight excluding hydrogens is 319 g/mol. The van der Waals surface area contributed by atoms with Crippen LogP contribution in [0, 0.1) is 3.57 Å². The quantitative estimate of drug-likeness (QED) is 0.540. The Morgan fingerprint density at radius 1 is 1.06 bits per heavy atom. The third-order valence-electron chi connectivity index (χ3n) is 1.96. The van der Waals surface area contributed by atoms with E-state index in [0.717, 1.165) is 15.7 Å². The fourth-order valence-electron chi connectivity index (χ4n) is 1.15. The van der Waals surface area contributed by atoms with E-state index >= 15 is 0 Å². The zero-order valence-corrected chi connectivity index (χ0v) is 11.6. The molecule has 0 unspecified atom stereocenters. The van der Waals surface area contributed by atoms with Crippen molar-refractivity contribution in [1.82, 2.24) is 0 Å². The van der Waals surface area contributed by atoms with Crippen molar-refractivity contribution in [1.29, 1.82) is 0 Å². The second-order valence-corrected chi connectivity index (χ2v) is 4.40. The Morgan fingerprint density at radius 3 is 2.62 bits per heavy atom. The zero-order valence-electron chi connectivity index (χ0n) is 9.45. The highest BCUT2D eigenvalue weighted by Gasteiger charge is 1.98. The van der Waals surface area contributed by atoms with Crippen molar-refractivity contribution in [2.75, 3.05) is 33.5 Å². The lowest BCUT2D eigenvalue weighted by Gasteiger charge is -2.08. The molecule has 0 aliphatic carbocycles. The van der Waals surface area contributed by atoms with E-state index in [1.807, 2.05) is 24.3 Å². The molecule has 0 aliphatic heterocycles. The fourth-order valence-corrected chi connectivity index (χ4v) is 1.69. The summed E-state index contributed by atoms with van der Waals surface area (Å²) in [4.78, 5) is 0. The predicted molar refractivity (Wildman–Crippen MR) is 72.0 cm³/mol. The first-order valence-electron chi connectivity index (χ1n) is 5.28. The Balaban J connectivity index is 2.05. The van der Waals surface area contributed by atoms with E-state index in [2.05, 4.69) is 22.6 Å². The Kier molecular flexibility index (Phi) is 7.54. The molecule has 0 saturated heterocycles. The molecule has 0 atom stereocenters. The SMILES string of the molecule is COCCOCCCOc1ccccc1I. The molecule has 0 aromatic heterocycles. The third-order valence-corrected chi connectivity index (χ3v) is 2.85. The molecule has 1 aromatic rings. The molecule has 16 heavy (non-hydrogen) atoms. The van der Waals surface area contributed by atoms with Crippen LogP contribution in [0.15, 0.2) is 24.3 Å². The maximum atomic E-state index is 5.62. The minimum Gasteiger partial charge on any atom is -0.492 e. The number of hydrogen-bond donors (Lipinski definition) is 0. The highest BCUT2D eigenvalue weighted by Crippen LogP contribution is 2.19. The lowest BCUT2D eigenvalue weighted by molar-refractivity contribution is 0.0644. The highest BCUT2D eigenvalue weighted by atomic mass is 127. The number of halogens is 1. The highest BCUT2D eigenvalue weighted by molar-refractivity contribution is 14.1. The molecule has 4 heteroatoms. The summed E-state index contributed by atoms with van der Waals surface area (Å²) in [5, 5.41) is 0. The summed E-state index contributed by atoms with van der Waals surface area (Å²) in [5.74, 6) is 0.944. The lowest BCUT2D eigenvalue weighted by atomic mass is 10.3. The van der Waals surface area contributed by atoms with E-state index in [1.54, 1.807) is 7.11 Å². The third kappa shape index (κ3) is 5.67. The van der Waals surface area contributed by atoms with Crippen LogP contribution in [0.3, 0.4) is 0 Å². The second kappa shape index (κ2) is 8.78. The van der Waals surface area contributed by atoms with Crippen LogP contribution in [0.1, 0.15) is 6.42 Å². The monoisotopic (exact) mass is 336 g/mol. The topological polar surface area (TPSA) is 27.7 Å². The molecule has 0 spiro atoms. The molecule has 0 bridgehead atoms. The molecule has 1 rings (SSSR count). The minimum absolute atomic E-state index is 0.650. The first-order valence-corrected chi connectivity index (χ1v) is 6.36. The van der Waals surface area contributed by atoms with Gasteiger partial charge in [-0.05, 0) is 34.7 Å². The van der Waals surface area contributed by atoms with Crippen LogP contribution in [0.4, 0.5) is 0 Å². The van der Waals surface area contributed by atoms with Crippen LogP contribution in [-0.4, -0.2) is 33.5 Å². The largest absolute Gasteiger partial charge is 0.492 e. The molecule has 0 fully saturated rings. The van der Waals surface area contributed by atoms with Crippen LogP contribution >= 0.6 is 22.6 Å². The summed E-state index contributed by atoms with van der Waals surface area (Å²) < 4.78 is 17.0. The van der Waals surface area contributed by atoms with E-state index in [1.165, 1.54) is 0 Å². The first-order chi connectivity index (χ1) is 7.84. The molecule has 0 amide bonds. The first kappa shape index (κ1) is 13.7. The van der Waals surface area contributed by atoms with Gasteiger partial charge in [0, 0.05) is 20.1 Å². The van der Waals surface area contributed by atoms with Gasteiger partial charge in [-0.15, -0.1) is 0 Å². The van der Waals surface area contributed by atoms with Gasteiger partial charge in [0.1, 0.15) is 5.75 Å². The number of methoxy groups -OCH3 is 1. The number of ether oxygens (including phenoxy) is 3. The Bertz CT molecular complexity index is 291. The maximum absolute atomic E-state index is 5.62. The number of para-hydroxylation sites is 1. The van der Waals surface area contributed by atoms with Crippen LogP contribution in [0.5, 0.6) is 5.75 Å². The van der Waals surface area contributed by atoms with Gasteiger partial charge in [0.15, 0.2) is 0 Å². The normalized spacial score (nSPS) is 10.4. The predicted octanol–water partition coefficient (Wildman–Crippen LogP) is 2.72. The molecule has 0 heterocycles.